The van der Waals surface area contributed by atoms with Crippen LogP contribution in [0.3, 0.4) is 0 Å². The predicted molar refractivity (Wildman–Crippen MR) is 77.4 cm³/mol. The summed E-state index contributed by atoms with van der Waals surface area (Å²) >= 11 is 0. The molecule has 4 heteroatoms. The zero-order valence-electron chi connectivity index (χ0n) is 11.3. The maximum atomic E-state index is 11.3. The highest BCUT2D eigenvalue weighted by molar-refractivity contribution is 6.07. The van der Waals surface area contributed by atoms with Crippen LogP contribution >= 0.6 is 0 Å². The summed E-state index contributed by atoms with van der Waals surface area (Å²) in [5.41, 5.74) is 2.68. The molecular weight excluding hydrogens is 266 g/mol. The minimum atomic E-state index is -0.358. The van der Waals surface area contributed by atoms with E-state index in [-0.39, 0.29) is 11.7 Å². The Hall–Kier alpha value is -2.88. The third-order valence-corrected chi connectivity index (χ3v) is 3.73. The summed E-state index contributed by atoms with van der Waals surface area (Å²) in [5, 5.41) is 12.0. The Labute approximate surface area is 120 Å². The fraction of sp³-hybridized carbons (Fsp3) is 0.0588. The summed E-state index contributed by atoms with van der Waals surface area (Å²) in [7, 11) is 0. The molecule has 0 atom stereocenters. The number of phenolic OH excluding ortho intramolecular Hbond substituents is 1. The van der Waals surface area contributed by atoms with Crippen LogP contribution in [0.4, 0.5) is 0 Å². The number of hydrogen-bond donors (Lipinski definition) is 1. The van der Waals surface area contributed by atoms with E-state index in [1.54, 1.807) is 18.2 Å². The molecule has 0 amide bonds. The summed E-state index contributed by atoms with van der Waals surface area (Å²) in [6.45, 7) is 1.38. The van der Waals surface area contributed by atoms with Gasteiger partial charge in [0, 0.05) is 30.5 Å². The van der Waals surface area contributed by atoms with Gasteiger partial charge in [0.1, 0.15) is 17.1 Å². The molecule has 21 heavy (non-hydrogen) atoms. The SMILES string of the molecule is CC(=O)Oc1ccc2c3c(c(O)ccc13)-c1cccc[n+]1-2. The Balaban J connectivity index is 2.14. The van der Waals surface area contributed by atoms with Gasteiger partial charge in [0.2, 0.25) is 11.4 Å². The van der Waals surface area contributed by atoms with Crippen LogP contribution in [-0.4, -0.2) is 11.1 Å². The van der Waals surface area contributed by atoms with Crippen molar-refractivity contribution in [3.63, 3.8) is 0 Å². The zero-order chi connectivity index (χ0) is 14.6. The van der Waals surface area contributed by atoms with Gasteiger partial charge in [-0.1, -0.05) is 0 Å². The average molecular weight is 278 g/mol. The van der Waals surface area contributed by atoms with Gasteiger partial charge >= 0.3 is 5.97 Å². The largest absolute Gasteiger partial charge is 0.507 e. The highest BCUT2D eigenvalue weighted by Gasteiger charge is 2.32. The molecule has 2 aromatic carbocycles. The van der Waals surface area contributed by atoms with Gasteiger partial charge in [-0.25, -0.2) is 0 Å². The molecule has 0 saturated heterocycles. The number of carbonyl (C=O) groups is 1. The first kappa shape index (κ1) is 11.9. The lowest BCUT2D eigenvalue weighted by molar-refractivity contribution is -0.579. The van der Waals surface area contributed by atoms with Crippen molar-refractivity contribution < 1.29 is 19.2 Å². The van der Waals surface area contributed by atoms with Crippen molar-refractivity contribution in [1.82, 2.24) is 0 Å². The first-order chi connectivity index (χ1) is 10.2. The zero-order valence-corrected chi connectivity index (χ0v) is 11.3. The maximum Gasteiger partial charge on any atom is 0.308 e. The maximum absolute atomic E-state index is 11.3. The first-order valence-electron chi connectivity index (χ1n) is 6.65. The lowest BCUT2D eigenvalue weighted by Crippen LogP contribution is -2.29. The molecule has 4 nitrogen and oxygen atoms in total. The number of aromatic nitrogens is 1. The average Bonchev–Trinajstić information content (AvgIpc) is 2.80. The fourth-order valence-corrected chi connectivity index (χ4v) is 2.95. The molecule has 0 fully saturated rings. The van der Waals surface area contributed by atoms with Crippen molar-refractivity contribution in [1.29, 1.82) is 0 Å². The first-order valence-corrected chi connectivity index (χ1v) is 6.65. The number of hydrogen-bond acceptors (Lipinski definition) is 3. The van der Waals surface area contributed by atoms with Crippen molar-refractivity contribution in [3.8, 4) is 28.4 Å². The molecule has 2 heterocycles. The van der Waals surface area contributed by atoms with E-state index >= 15 is 0 Å². The third-order valence-electron chi connectivity index (χ3n) is 3.73. The highest BCUT2D eigenvalue weighted by atomic mass is 16.5. The van der Waals surface area contributed by atoms with Gasteiger partial charge in [-0.2, -0.15) is 4.57 Å². The van der Waals surface area contributed by atoms with Crippen molar-refractivity contribution in [2.75, 3.05) is 0 Å². The van der Waals surface area contributed by atoms with Crippen LogP contribution in [0.15, 0.2) is 48.7 Å². The van der Waals surface area contributed by atoms with Crippen molar-refractivity contribution in [3.05, 3.63) is 48.7 Å². The van der Waals surface area contributed by atoms with Crippen molar-refractivity contribution in [2.45, 2.75) is 6.92 Å². The van der Waals surface area contributed by atoms with Crippen LogP contribution < -0.4 is 9.30 Å². The van der Waals surface area contributed by atoms with Crippen LogP contribution in [0, 0.1) is 0 Å². The lowest BCUT2D eigenvalue weighted by Gasteiger charge is -2.06. The molecular formula is C17H12NO3+. The standard InChI is InChI=1S/C17H11NO3/c1-10(19)21-15-8-6-13-16-11(15)5-7-14(20)17(16)12-4-2-3-9-18(12)13/h2-9H,1H3/p+1. The van der Waals surface area contributed by atoms with E-state index in [0.29, 0.717) is 5.75 Å². The van der Waals surface area contributed by atoms with Crippen LogP contribution in [0.1, 0.15) is 6.92 Å². The highest BCUT2D eigenvalue weighted by Crippen LogP contribution is 2.44. The molecule has 0 bridgehead atoms. The molecule has 0 saturated carbocycles. The summed E-state index contributed by atoms with van der Waals surface area (Å²) in [6.07, 6.45) is 1.95. The number of carbonyl (C=O) groups excluding carboxylic acids is 1. The molecule has 102 valence electrons. The Morgan fingerprint density at radius 3 is 2.81 bits per heavy atom. The number of esters is 1. The summed E-state index contributed by atoms with van der Waals surface area (Å²) in [6, 6.07) is 12.9. The molecule has 0 radical (unpaired) electrons. The van der Waals surface area contributed by atoms with Crippen LogP contribution in [0.2, 0.25) is 0 Å². The van der Waals surface area contributed by atoms with Crippen molar-refractivity contribution in [2.24, 2.45) is 0 Å². The monoisotopic (exact) mass is 278 g/mol. The number of nitrogens with zero attached hydrogens (tertiary/aromatic N) is 1. The van der Waals surface area contributed by atoms with Crippen LogP contribution in [-0.2, 0) is 4.79 Å². The van der Waals surface area contributed by atoms with Gasteiger partial charge in [0.25, 0.3) is 0 Å². The molecule has 1 N–H and O–H groups in total. The van der Waals surface area contributed by atoms with Crippen molar-refractivity contribution >= 4 is 16.7 Å². The quantitative estimate of drug-likeness (QED) is 0.331. The van der Waals surface area contributed by atoms with Crippen LogP contribution in [0.25, 0.3) is 27.7 Å². The Kier molecular flexibility index (Phi) is 2.30. The molecule has 0 spiro atoms. The number of aromatic hydroxyl groups is 1. The minimum Gasteiger partial charge on any atom is -0.507 e. The molecule has 1 aromatic heterocycles. The second kappa shape index (κ2) is 4.06. The van der Waals surface area contributed by atoms with E-state index in [1.165, 1.54) is 6.92 Å². The van der Waals surface area contributed by atoms with E-state index in [0.717, 1.165) is 27.7 Å². The van der Waals surface area contributed by atoms with E-state index in [1.807, 2.05) is 35.0 Å². The number of phenols is 1. The molecule has 1 aliphatic rings. The fourth-order valence-electron chi connectivity index (χ4n) is 2.95. The smallest absolute Gasteiger partial charge is 0.308 e. The molecule has 0 aliphatic carbocycles. The van der Waals surface area contributed by atoms with Gasteiger partial charge < -0.3 is 9.84 Å². The van der Waals surface area contributed by atoms with E-state index < -0.39 is 0 Å². The second-order valence-electron chi connectivity index (χ2n) is 5.01. The number of fused-ring (bicyclic) bond motifs is 3. The number of benzene rings is 2. The van der Waals surface area contributed by atoms with E-state index in [2.05, 4.69) is 0 Å². The molecule has 3 aromatic rings. The third kappa shape index (κ3) is 1.56. The van der Waals surface area contributed by atoms with Gasteiger partial charge in [-0.15, -0.1) is 0 Å². The van der Waals surface area contributed by atoms with Crippen LogP contribution in [0.5, 0.6) is 11.5 Å². The Bertz CT molecular complexity index is 915. The Morgan fingerprint density at radius 2 is 2.00 bits per heavy atom. The van der Waals surface area contributed by atoms with Gasteiger partial charge in [-0.3, -0.25) is 4.79 Å². The molecule has 0 unspecified atom stereocenters. The van der Waals surface area contributed by atoms with E-state index in [9.17, 15) is 9.90 Å². The Morgan fingerprint density at radius 1 is 1.14 bits per heavy atom. The normalized spacial score (nSPS) is 11.5. The summed E-state index contributed by atoms with van der Waals surface area (Å²) in [4.78, 5) is 11.3. The summed E-state index contributed by atoms with van der Waals surface area (Å²) in [5.74, 6) is 0.375. The van der Waals surface area contributed by atoms with E-state index in [4.69, 9.17) is 4.74 Å². The molecule has 1 aliphatic heterocycles. The van der Waals surface area contributed by atoms with Gasteiger partial charge in [0.15, 0.2) is 6.20 Å². The van der Waals surface area contributed by atoms with Gasteiger partial charge in [0.05, 0.1) is 5.39 Å². The minimum absolute atomic E-state index is 0.223. The lowest BCUT2D eigenvalue weighted by atomic mass is 10.0. The number of ether oxygens (including phenoxy) is 1. The topological polar surface area (TPSA) is 50.4 Å². The second-order valence-corrected chi connectivity index (χ2v) is 5.01. The predicted octanol–water partition coefficient (Wildman–Crippen LogP) is 2.73. The number of pyridine rings is 1. The number of rotatable bonds is 1. The molecule has 4 rings (SSSR count). The summed E-state index contributed by atoms with van der Waals surface area (Å²) < 4.78 is 7.30. The van der Waals surface area contributed by atoms with Gasteiger partial charge in [-0.05, 0) is 24.3 Å².